The van der Waals surface area contributed by atoms with E-state index < -0.39 is 0 Å². The molecule has 1 heterocycles. The number of likely N-dealkylation sites (N-methyl/N-ethyl adjacent to an activating group) is 2. The first-order valence-electron chi connectivity index (χ1n) is 5.37. The van der Waals surface area contributed by atoms with Gasteiger partial charge in [0.15, 0.2) is 0 Å². The van der Waals surface area contributed by atoms with Gasteiger partial charge in [0.1, 0.15) is 5.69 Å². The molecule has 17 heavy (non-hydrogen) atoms. The van der Waals surface area contributed by atoms with Crippen LogP contribution in [-0.2, 0) is 0 Å². The topological polar surface area (TPSA) is 74.5 Å². The van der Waals surface area contributed by atoms with E-state index in [4.69, 9.17) is 5.84 Å². The quantitative estimate of drug-likeness (QED) is 0.557. The third-order valence-corrected chi connectivity index (χ3v) is 2.38. The number of aromatic nitrogens is 1. The monoisotopic (exact) mass is 237 g/mol. The Balaban J connectivity index is 2.61. The molecular weight excluding hydrogens is 218 g/mol. The first-order valence-corrected chi connectivity index (χ1v) is 5.37. The number of hydrogen-bond acceptors (Lipinski definition) is 5. The number of hydrazine groups is 1. The highest BCUT2D eigenvalue weighted by molar-refractivity contribution is 5.92. The summed E-state index contributed by atoms with van der Waals surface area (Å²) in [4.78, 5) is 19.7. The molecule has 0 aromatic carbocycles. The molecule has 0 atom stereocenters. The smallest absolute Gasteiger partial charge is 0.272 e. The molecule has 0 aliphatic carbocycles. The van der Waals surface area contributed by atoms with Gasteiger partial charge < -0.3 is 15.2 Å². The first kappa shape index (κ1) is 13.4. The molecule has 0 bridgehead atoms. The minimum absolute atomic E-state index is 0.0876. The van der Waals surface area contributed by atoms with Crippen LogP contribution in [0.2, 0.25) is 0 Å². The van der Waals surface area contributed by atoms with Crippen molar-refractivity contribution in [3.63, 3.8) is 0 Å². The maximum Gasteiger partial charge on any atom is 0.272 e. The molecule has 0 fully saturated rings. The fourth-order valence-electron chi connectivity index (χ4n) is 1.25. The number of hydrogen-bond donors (Lipinski definition) is 2. The first-order chi connectivity index (χ1) is 8.04. The van der Waals surface area contributed by atoms with Gasteiger partial charge >= 0.3 is 0 Å². The SMILES string of the molecule is CN(C)CCN(C)C(=O)c1ccc(NN)cn1. The van der Waals surface area contributed by atoms with Gasteiger partial charge in [0.2, 0.25) is 0 Å². The second kappa shape index (κ2) is 6.17. The molecule has 1 amide bonds. The minimum atomic E-state index is -0.0876. The Morgan fingerprint density at radius 2 is 2.06 bits per heavy atom. The Labute approximate surface area is 101 Å². The van der Waals surface area contributed by atoms with Crippen molar-refractivity contribution in [1.29, 1.82) is 0 Å². The Hall–Kier alpha value is -1.66. The number of nitrogens with zero attached hydrogens (tertiary/aromatic N) is 3. The third-order valence-electron chi connectivity index (χ3n) is 2.38. The average Bonchev–Trinajstić information content (AvgIpc) is 2.35. The lowest BCUT2D eigenvalue weighted by molar-refractivity contribution is 0.0780. The summed E-state index contributed by atoms with van der Waals surface area (Å²) in [7, 11) is 5.71. The number of anilines is 1. The Morgan fingerprint density at radius 1 is 1.35 bits per heavy atom. The molecule has 0 radical (unpaired) electrons. The van der Waals surface area contributed by atoms with Crippen molar-refractivity contribution >= 4 is 11.6 Å². The number of pyridine rings is 1. The number of nitrogens with one attached hydrogen (secondary N) is 1. The van der Waals surface area contributed by atoms with Crippen LogP contribution in [0.25, 0.3) is 0 Å². The van der Waals surface area contributed by atoms with E-state index in [9.17, 15) is 4.79 Å². The van der Waals surface area contributed by atoms with Gasteiger partial charge in [0, 0.05) is 20.1 Å². The molecule has 6 heteroatoms. The zero-order valence-corrected chi connectivity index (χ0v) is 10.5. The molecule has 3 N–H and O–H groups in total. The summed E-state index contributed by atoms with van der Waals surface area (Å²) in [6.45, 7) is 1.50. The lowest BCUT2D eigenvalue weighted by Crippen LogP contribution is -2.33. The van der Waals surface area contributed by atoms with Crippen LogP contribution < -0.4 is 11.3 Å². The maximum absolute atomic E-state index is 12.0. The van der Waals surface area contributed by atoms with Gasteiger partial charge in [-0.15, -0.1) is 0 Å². The Kier molecular flexibility index (Phi) is 4.86. The van der Waals surface area contributed by atoms with Crippen LogP contribution >= 0.6 is 0 Å². The molecule has 0 saturated heterocycles. The van der Waals surface area contributed by atoms with E-state index in [2.05, 4.69) is 10.4 Å². The number of carbonyl (C=O) groups is 1. The lowest BCUT2D eigenvalue weighted by Gasteiger charge is -2.19. The Bertz CT molecular complexity index is 363. The summed E-state index contributed by atoms with van der Waals surface area (Å²) in [6.07, 6.45) is 1.53. The molecule has 0 aliphatic rings. The van der Waals surface area contributed by atoms with Gasteiger partial charge in [-0.05, 0) is 26.2 Å². The number of nitrogen functional groups attached to an aromatic ring is 1. The highest BCUT2D eigenvalue weighted by Crippen LogP contribution is 2.06. The van der Waals surface area contributed by atoms with E-state index in [-0.39, 0.29) is 5.91 Å². The molecular formula is C11H19N5O. The Morgan fingerprint density at radius 3 is 2.53 bits per heavy atom. The average molecular weight is 237 g/mol. The second-order valence-electron chi connectivity index (χ2n) is 4.11. The number of nitrogens with two attached hydrogens (primary N) is 1. The van der Waals surface area contributed by atoms with E-state index in [1.54, 1.807) is 24.1 Å². The summed E-state index contributed by atoms with van der Waals surface area (Å²) in [5, 5.41) is 0. The van der Waals surface area contributed by atoms with Crippen LogP contribution in [0.5, 0.6) is 0 Å². The van der Waals surface area contributed by atoms with Crippen LogP contribution in [0, 0.1) is 0 Å². The largest absolute Gasteiger partial charge is 0.339 e. The summed E-state index contributed by atoms with van der Waals surface area (Å²) in [5.41, 5.74) is 3.57. The van der Waals surface area contributed by atoms with E-state index in [1.807, 2.05) is 19.0 Å². The van der Waals surface area contributed by atoms with Gasteiger partial charge in [-0.25, -0.2) is 4.98 Å². The zero-order valence-electron chi connectivity index (χ0n) is 10.5. The van der Waals surface area contributed by atoms with Gasteiger partial charge in [0.25, 0.3) is 5.91 Å². The number of amides is 1. The van der Waals surface area contributed by atoms with E-state index >= 15 is 0 Å². The van der Waals surface area contributed by atoms with Crippen LogP contribution in [0.3, 0.4) is 0 Å². The van der Waals surface area contributed by atoms with Gasteiger partial charge in [-0.3, -0.25) is 10.6 Å². The van der Waals surface area contributed by atoms with Crippen LogP contribution in [0.4, 0.5) is 5.69 Å². The standard InChI is InChI=1S/C11H19N5O/c1-15(2)6-7-16(3)11(17)10-5-4-9(14-12)8-13-10/h4-5,8,14H,6-7,12H2,1-3H3. The van der Waals surface area contributed by atoms with E-state index in [0.29, 0.717) is 17.9 Å². The van der Waals surface area contributed by atoms with Crippen molar-refractivity contribution in [3.05, 3.63) is 24.0 Å². The van der Waals surface area contributed by atoms with Crippen LogP contribution in [0.1, 0.15) is 10.5 Å². The predicted molar refractivity (Wildman–Crippen MR) is 67.6 cm³/mol. The fraction of sp³-hybridized carbons (Fsp3) is 0.455. The molecule has 94 valence electrons. The highest BCUT2D eigenvalue weighted by Gasteiger charge is 2.12. The molecule has 0 saturated carbocycles. The maximum atomic E-state index is 12.0. The van der Waals surface area contributed by atoms with Crippen LogP contribution in [-0.4, -0.2) is 54.9 Å². The predicted octanol–water partition coefficient (Wildman–Crippen LogP) is 0.000800. The van der Waals surface area contributed by atoms with Gasteiger partial charge in [-0.1, -0.05) is 0 Å². The van der Waals surface area contributed by atoms with E-state index in [0.717, 1.165) is 6.54 Å². The molecule has 1 aromatic heterocycles. The van der Waals surface area contributed by atoms with Crippen LogP contribution in [0.15, 0.2) is 18.3 Å². The molecule has 0 aliphatic heterocycles. The van der Waals surface area contributed by atoms with Crippen molar-refractivity contribution in [2.75, 3.05) is 39.7 Å². The summed E-state index contributed by atoms with van der Waals surface area (Å²) in [6, 6.07) is 3.38. The van der Waals surface area contributed by atoms with E-state index in [1.165, 1.54) is 6.20 Å². The normalized spacial score (nSPS) is 10.4. The molecule has 0 unspecified atom stereocenters. The van der Waals surface area contributed by atoms with Crippen molar-refractivity contribution in [3.8, 4) is 0 Å². The summed E-state index contributed by atoms with van der Waals surface area (Å²) < 4.78 is 0. The van der Waals surface area contributed by atoms with Crippen molar-refractivity contribution < 1.29 is 4.79 Å². The molecule has 6 nitrogen and oxygen atoms in total. The second-order valence-corrected chi connectivity index (χ2v) is 4.11. The van der Waals surface area contributed by atoms with Crippen molar-refractivity contribution in [2.45, 2.75) is 0 Å². The highest BCUT2D eigenvalue weighted by atomic mass is 16.2. The third kappa shape index (κ3) is 4.01. The number of rotatable bonds is 5. The molecule has 1 rings (SSSR count). The minimum Gasteiger partial charge on any atom is -0.339 e. The van der Waals surface area contributed by atoms with Crippen molar-refractivity contribution in [1.82, 2.24) is 14.8 Å². The fourth-order valence-corrected chi connectivity index (χ4v) is 1.25. The summed E-state index contributed by atoms with van der Waals surface area (Å²) in [5.74, 6) is 5.14. The number of carbonyl (C=O) groups excluding carboxylic acids is 1. The zero-order chi connectivity index (χ0) is 12.8. The van der Waals surface area contributed by atoms with Crippen molar-refractivity contribution in [2.24, 2.45) is 5.84 Å². The molecule has 0 spiro atoms. The van der Waals surface area contributed by atoms with Gasteiger partial charge in [-0.2, -0.15) is 0 Å². The summed E-state index contributed by atoms with van der Waals surface area (Å²) >= 11 is 0. The van der Waals surface area contributed by atoms with Gasteiger partial charge in [0.05, 0.1) is 11.9 Å². The lowest BCUT2D eigenvalue weighted by atomic mass is 10.3. The molecule has 1 aromatic rings.